The van der Waals surface area contributed by atoms with Gasteiger partial charge in [0.15, 0.2) is 5.69 Å². The molecule has 0 fully saturated rings. The van der Waals surface area contributed by atoms with Crippen LogP contribution in [0.5, 0.6) is 0 Å². The second-order valence-corrected chi connectivity index (χ2v) is 7.38. The van der Waals surface area contributed by atoms with Gasteiger partial charge in [0.2, 0.25) is 11.8 Å². The summed E-state index contributed by atoms with van der Waals surface area (Å²) in [6, 6.07) is 0.178. The van der Waals surface area contributed by atoms with Crippen LogP contribution in [0.25, 0.3) is 0 Å². The van der Waals surface area contributed by atoms with Gasteiger partial charge in [0.05, 0.1) is 6.54 Å². The van der Waals surface area contributed by atoms with Crippen LogP contribution >= 0.6 is 0 Å². The van der Waals surface area contributed by atoms with Crippen molar-refractivity contribution in [3.8, 4) is 0 Å². The van der Waals surface area contributed by atoms with Gasteiger partial charge < -0.3 is 14.6 Å². The predicted molar refractivity (Wildman–Crippen MR) is 107 cm³/mol. The highest BCUT2D eigenvalue weighted by Gasteiger charge is 2.27. The number of carbonyl (C=O) groups is 2. The van der Waals surface area contributed by atoms with Crippen molar-refractivity contribution in [2.45, 2.75) is 98.7 Å². The van der Waals surface area contributed by atoms with E-state index in [1.807, 2.05) is 25.7 Å². The van der Waals surface area contributed by atoms with Gasteiger partial charge in [-0.05, 0) is 39.5 Å². The molecule has 0 aliphatic carbocycles. The monoisotopic (exact) mass is 379 g/mol. The molecule has 0 saturated carbocycles. The molecule has 1 rings (SSSR count). The van der Waals surface area contributed by atoms with Crippen molar-refractivity contribution >= 4 is 11.8 Å². The van der Waals surface area contributed by atoms with Crippen LogP contribution in [0.3, 0.4) is 0 Å². The predicted octanol–water partition coefficient (Wildman–Crippen LogP) is 4.55. The third-order valence-electron chi connectivity index (χ3n) is 5.23. The quantitative estimate of drug-likeness (QED) is 0.578. The number of rotatable bonds is 12. The van der Waals surface area contributed by atoms with Gasteiger partial charge in [-0.25, -0.2) is 4.98 Å². The van der Waals surface area contributed by atoms with Crippen LogP contribution in [-0.2, 0) is 11.3 Å². The molecule has 0 spiro atoms. The fourth-order valence-corrected chi connectivity index (χ4v) is 2.89. The van der Waals surface area contributed by atoms with Gasteiger partial charge in [0.25, 0.3) is 5.91 Å². The van der Waals surface area contributed by atoms with Gasteiger partial charge in [-0.15, -0.1) is 0 Å². The normalized spacial score (nSPS) is 14.4. The molecular formula is C21H37N3O3. The minimum atomic E-state index is -0.241. The Morgan fingerprint density at radius 1 is 1.15 bits per heavy atom. The molecule has 0 saturated heterocycles. The number of nitrogens with one attached hydrogen (secondary N) is 1. The fraction of sp³-hybridized carbons (Fsp3) is 0.762. The van der Waals surface area contributed by atoms with Gasteiger partial charge >= 0.3 is 0 Å². The number of unbranched alkanes of at least 4 members (excludes halogenated alkanes) is 1. The lowest BCUT2D eigenvalue weighted by Gasteiger charge is -2.31. The van der Waals surface area contributed by atoms with Crippen molar-refractivity contribution in [2.24, 2.45) is 5.92 Å². The van der Waals surface area contributed by atoms with Gasteiger partial charge in [-0.3, -0.25) is 9.59 Å². The van der Waals surface area contributed by atoms with E-state index >= 15 is 0 Å². The molecule has 0 aliphatic heterocycles. The van der Waals surface area contributed by atoms with Crippen molar-refractivity contribution in [2.75, 3.05) is 0 Å². The topological polar surface area (TPSA) is 75.4 Å². The molecule has 2 amide bonds. The average Bonchev–Trinajstić information content (AvgIpc) is 3.14. The van der Waals surface area contributed by atoms with E-state index in [4.69, 9.17) is 4.42 Å². The Morgan fingerprint density at radius 2 is 1.85 bits per heavy atom. The lowest BCUT2D eigenvalue weighted by Crippen LogP contribution is -2.41. The fourth-order valence-electron chi connectivity index (χ4n) is 2.89. The maximum Gasteiger partial charge on any atom is 0.273 e. The van der Waals surface area contributed by atoms with Crippen molar-refractivity contribution < 1.29 is 14.0 Å². The van der Waals surface area contributed by atoms with E-state index in [1.54, 1.807) is 0 Å². The summed E-state index contributed by atoms with van der Waals surface area (Å²) in [4.78, 5) is 31.4. The molecule has 3 atom stereocenters. The molecule has 1 N–H and O–H groups in total. The van der Waals surface area contributed by atoms with Crippen LogP contribution in [0, 0.1) is 5.92 Å². The number of hydrogen-bond donors (Lipinski definition) is 1. The van der Waals surface area contributed by atoms with E-state index in [2.05, 4.69) is 31.1 Å². The first-order valence-electron chi connectivity index (χ1n) is 10.4. The summed E-state index contributed by atoms with van der Waals surface area (Å²) in [7, 11) is 0. The molecule has 154 valence electrons. The Kier molecular flexibility index (Phi) is 10.1. The number of carbonyl (C=O) groups excluding carboxylic acids is 2. The third-order valence-corrected chi connectivity index (χ3v) is 5.23. The molecule has 6 nitrogen and oxygen atoms in total. The lowest BCUT2D eigenvalue weighted by molar-refractivity contribution is -0.139. The van der Waals surface area contributed by atoms with Crippen LogP contribution in [0.2, 0.25) is 0 Å². The Balaban J connectivity index is 2.88. The zero-order chi connectivity index (χ0) is 20.4. The Bertz CT molecular complexity index is 585. The second-order valence-electron chi connectivity index (χ2n) is 7.38. The van der Waals surface area contributed by atoms with Crippen molar-refractivity contribution in [1.29, 1.82) is 0 Å². The highest BCUT2D eigenvalue weighted by atomic mass is 16.3. The van der Waals surface area contributed by atoms with Crippen molar-refractivity contribution in [3.63, 3.8) is 0 Å². The average molecular weight is 380 g/mol. The zero-order valence-electron chi connectivity index (χ0n) is 17.9. The first-order valence-corrected chi connectivity index (χ1v) is 10.4. The van der Waals surface area contributed by atoms with Gasteiger partial charge in [0, 0.05) is 18.0 Å². The molecule has 27 heavy (non-hydrogen) atoms. The van der Waals surface area contributed by atoms with Crippen molar-refractivity contribution in [1.82, 2.24) is 15.2 Å². The Labute approximate surface area is 164 Å². The molecular weight excluding hydrogens is 342 g/mol. The van der Waals surface area contributed by atoms with E-state index in [-0.39, 0.29) is 35.5 Å². The van der Waals surface area contributed by atoms with E-state index in [0.29, 0.717) is 12.4 Å². The summed E-state index contributed by atoms with van der Waals surface area (Å²) < 4.78 is 5.51. The van der Waals surface area contributed by atoms with Crippen LogP contribution in [-0.4, -0.2) is 33.8 Å². The zero-order valence-corrected chi connectivity index (χ0v) is 17.9. The molecule has 1 aromatic heterocycles. The summed E-state index contributed by atoms with van der Waals surface area (Å²) in [5.41, 5.74) is 0.264. The number of hydrogen-bond acceptors (Lipinski definition) is 4. The summed E-state index contributed by atoms with van der Waals surface area (Å²) in [6.07, 6.45) is 6.97. The largest absolute Gasteiger partial charge is 0.446 e. The van der Waals surface area contributed by atoms with Gasteiger partial charge in [-0.2, -0.15) is 0 Å². The number of amides is 2. The Morgan fingerprint density at radius 3 is 2.41 bits per heavy atom. The van der Waals surface area contributed by atoms with Crippen molar-refractivity contribution in [3.05, 3.63) is 17.8 Å². The third kappa shape index (κ3) is 7.00. The van der Waals surface area contributed by atoms with Crippen LogP contribution in [0.4, 0.5) is 0 Å². The maximum absolute atomic E-state index is 13.1. The first-order chi connectivity index (χ1) is 12.9. The van der Waals surface area contributed by atoms with Gasteiger partial charge in [0.1, 0.15) is 6.26 Å². The van der Waals surface area contributed by atoms with E-state index in [9.17, 15) is 9.59 Å². The van der Waals surface area contributed by atoms with Crippen LogP contribution in [0.15, 0.2) is 10.7 Å². The highest BCUT2D eigenvalue weighted by molar-refractivity contribution is 5.92. The molecule has 0 aromatic carbocycles. The minimum Gasteiger partial charge on any atom is -0.446 e. The summed E-state index contributed by atoms with van der Waals surface area (Å²) in [6.45, 7) is 12.6. The standard InChI is InChI=1S/C21H37N3O3/c1-7-11-12-17(10-4)21(26)24(16(6)9-3)13-19-23-18(14-27-19)20(25)22-15(5)8-2/h14-17H,7-13H2,1-6H3,(H,22,25)/t15-,16+,17-/m1/s1. The number of oxazole rings is 1. The van der Waals surface area contributed by atoms with E-state index in [1.165, 1.54) is 6.26 Å². The molecule has 1 aromatic rings. The van der Waals surface area contributed by atoms with E-state index < -0.39 is 0 Å². The van der Waals surface area contributed by atoms with E-state index in [0.717, 1.165) is 38.5 Å². The Hall–Kier alpha value is -1.85. The number of aromatic nitrogens is 1. The van der Waals surface area contributed by atoms with Gasteiger partial charge in [-0.1, -0.05) is 40.5 Å². The molecule has 0 bridgehead atoms. The summed E-state index contributed by atoms with van der Waals surface area (Å²) >= 11 is 0. The molecule has 0 unspecified atom stereocenters. The molecule has 0 aliphatic rings. The lowest BCUT2D eigenvalue weighted by atomic mass is 9.97. The maximum atomic E-state index is 13.1. The second kappa shape index (κ2) is 11.8. The minimum absolute atomic E-state index is 0.0297. The SMILES string of the molecule is CCCC[C@@H](CC)C(=O)N(Cc1nc(C(=O)N[C@H](C)CC)co1)[C@@H](C)CC. The first kappa shape index (κ1) is 23.2. The number of nitrogens with zero attached hydrogens (tertiary/aromatic N) is 2. The highest BCUT2D eigenvalue weighted by Crippen LogP contribution is 2.20. The summed E-state index contributed by atoms with van der Waals surface area (Å²) in [5.74, 6) is 0.352. The molecule has 0 radical (unpaired) electrons. The summed E-state index contributed by atoms with van der Waals surface area (Å²) in [5, 5.41) is 2.88. The molecule has 1 heterocycles. The van der Waals surface area contributed by atoms with Crippen LogP contribution < -0.4 is 5.32 Å². The smallest absolute Gasteiger partial charge is 0.273 e. The van der Waals surface area contributed by atoms with Crippen LogP contribution in [0.1, 0.15) is 96.4 Å². The molecule has 6 heteroatoms.